The molecule has 0 amide bonds. The Hall–Kier alpha value is -2.21. The van der Waals surface area contributed by atoms with Gasteiger partial charge in [0.1, 0.15) is 17.8 Å². The molecule has 0 N–H and O–H groups in total. The van der Waals surface area contributed by atoms with Crippen LogP contribution in [0, 0.1) is 0 Å². The highest BCUT2D eigenvalue weighted by Gasteiger charge is 1.82. The molecular formula is C12H12O4. The lowest BCUT2D eigenvalue weighted by molar-refractivity contribution is 0.194. The van der Waals surface area contributed by atoms with Crippen LogP contribution < -0.4 is 0 Å². The van der Waals surface area contributed by atoms with Gasteiger partial charge in [0.2, 0.25) is 0 Å². The van der Waals surface area contributed by atoms with E-state index in [2.05, 4.69) is 13.2 Å². The summed E-state index contributed by atoms with van der Waals surface area (Å²) in [4.78, 5) is 28.7. The molecule has 0 unspecified atom stereocenters. The molecule has 0 radical (unpaired) electrons. The molecule has 0 aromatic heterocycles. The first-order valence-electron chi connectivity index (χ1n) is 4.23. The molecule has 16 heavy (non-hydrogen) atoms. The van der Waals surface area contributed by atoms with Crippen LogP contribution in [0.3, 0.4) is 0 Å². The summed E-state index contributed by atoms with van der Waals surface area (Å²) < 4.78 is 4.90. The Morgan fingerprint density at radius 1 is 1.00 bits per heavy atom. The average Bonchev–Trinajstić information content (AvgIpc) is 2.30. The van der Waals surface area contributed by atoms with Gasteiger partial charge >= 0.3 is 0 Å². The van der Waals surface area contributed by atoms with E-state index in [0.29, 0.717) is 13.2 Å². The van der Waals surface area contributed by atoms with Gasteiger partial charge in [0, 0.05) is 12.2 Å². The van der Waals surface area contributed by atoms with Crippen LogP contribution in [0.4, 0.5) is 0 Å². The summed E-state index contributed by atoms with van der Waals surface area (Å²) in [5, 5.41) is 0. The summed E-state index contributed by atoms with van der Waals surface area (Å²) in [7, 11) is 0. The Labute approximate surface area is 93.9 Å². The van der Waals surface area contributed by atoms with Crippen molar-refractivity contribution in [1.29, 1.82) is 0 Å². The van der Waals surface area contributed by atoms with E-state index in [1.165, 1.54) is 17.8 Å². The SMILES string of the molecule is C=CCOCC=C.O=C=CC(=C=O)C=C=O. The fraction of sp³-hybridized carbons (Fsp3) is 0.167. The summed E-state index contributed by atoms with van der Waals surface area (Å²) >= 11 is 0. The molecule has 0 saturated carbocycles. The molecule has 0 fully saturated rings. The predicted molar refractivity (Wildman–Crippen MR) is 60.9 cm³/mol. The predicted octanol–water partition coefficient (Wildman–Crippen LogP) is 0.895. The Morgan fingerprint density at radius 3 is 1.69 bits per heavy atom. The number of hydrogen-bond acceptors (Lipinski definition) is 4. The molecule has 0 aliphatic rings. The molecular weight excluding hydrogens is 208 g/mol. The lowest BCUT2D eigenvalue weighted by Crippen LogP contribution is -1.87. The third-order valence-electron chi connectivity index (χ3n) is 1.02. The second-order valence-corrected chi connectivity index (χ2v) is 2.20. The van der Waals surface area contributed by atoms with Crippen LogP contribution in [0.15, 0.2) is 43.0 Å². The first kappa shape index (κ1) is 16.2. The fourth-order valence-corrected chi connectivity index (χ4v) is 0.462. The monoisotopic (exact) mass is 220 g/mol. The molecule has 0 bridgehead atoms. The number of ether oxygens (including phenoxy) is 1. The average molecular weight is 220 g/mol. The van der Waals surface area contributed by atoms with E-state index in [-0.39, 0.29) is 5.57 Å². The summed E-state index contributed by atoms with van der Waals surface area (Å²) in [5.74, 6) is 3.97. The van der Waals surface area contributed by atoms with E-state index in [9.17, 15) is 14.4 Å². The van der Waals surface area contributed by atoms with E-state index in [0.717, 1.165) is 12.2 Å². The second-order valence-electron chi connectivity index (χ2n) is 2.20. The van der Waals surface area contributed by atoms with E-state index in [4.69, 9.17) is 4.74 Å². The maximum Gasteiger partial charge on any atom is 0.133 e. The second kappa shape index (κ2) is 15.3. The summed E-state index contributed by atoms with van der Waals surface area (Å²) in [5.41, 5.74) is -0.153. The van der Waals surface area contributed by atoms with Gasteiger partial charge in [-0.05, 0) is 0 Å². The van der Waals surface area contributed by atoms with Crippen LogP contribution >= 0.6 is 0 Å². The summed E-state index contributed by atoms with van der Waals surface area (Å²) in [6, 6.07) is 0. The number of hydrogen-bond donors (Lipinski definition) is 0. The smallest absolute Gasteiger partial charge is 0.133 e. The van der Waals surface area contributed by atoms with E-state index >= 15 is 0 Å². The molecule has 0 rings (SSSR count). The molecule has 4 heteroatoms. The maximum absolute atomic E-state index is 9.70. The Kier molecular flexibility index (Phi) is 15.5. The van der Waals surface area contributed by atoms with Crippen molar-refractivity contribution in [2.24, 2.45) is 0 Å². The topological polar surface area (TPSA) is 60.4 Å². The van der Waals surface area contributed by atoms with Crippen molar-refractivity contribution < 1.29 is 19.1 Å². The minimum atomic E-state index is -0.153. The van der Waals surface area contributed by atoms with Crippen molar-refractivity contribution in [2.75, 3.05) is 13.2 Å². The van der Waals surface area contributed by atoms with Gasteiger partial charge in [-0.3, -0.25) is 0 Å². The number of rotatable bonds is 6. The van der Waals surface area contributed by atoms with Crippen molar-refractivity contribution in [3.05, 3.63) is 43.0 Å². The lowest BCUT2D eigenvalue weighted by Gasteiger charge is -1.89. The van der Waals surface area contributed by atoms with Crippen molar-refractivity contribution in [1.82, 2.24) is 0 Å². The Balaban J connectivity index is 0. The maximum atomic E-state index is 9.70. The normalized spacial score (nSPS) is 6.75. The van der Waals surface area contributed by atoms with Crippen LogP contribution in [0.5, 0.6) is 0 Å². The van der Waals surface area contributed by atoms with Gasteiger partial charge in [-0.25, -0.2) is 14.4 Å². The van der Waals surface area contributed by atoms with Crippen LogP contribution in [-0.4, -0.2) is 31.0 Å². The fourth-order valence-electron chi connectivity index (χ4n) is 0.462. The van der Waals surface area contributed by atoms with Gasteiger partial charge in [0.05, 0.1) is 18.8 Å². The molecule has 84 valence electrons. The van der Waals surface area contributed by atoms with E-state index in [1.54, 1.807) is 12.2 Å². The van der Waals surface area contributed by atoms with Crippen LogP contribution in [0.25, 0.3) is 0 Å². The van der Waals surface area contributed by atoms with E-state index in [1.807, 2.05) is 0 Å². The molecule has 0 spiro atoms. The molecule has 0 aromatic carbocycles. The van der Waals surface area contributed by atoms with Gasteiger partial charge in [-0.2, -0.15) is 0 Å². The highest BCUT2D eigenvalue weighted by atomic mass is 16.5. The highest BCUT2D eigenvalue weighted by Crippen LogP contribution is 1.84. The Morgan fingerprint density at radius 2 is 1.44 bits per heavy atom. The third-order valence-corrected chi connectivity index (χ3v) is 1.02. The first-order chi connectivity index (χ1) is 7.76. The molecule has 0 atom stereocenters. The van der Waals surface area contributed by atoms with E-state index < -0.39 is 0 Å². The van der Waals surface area contributed by atoms with Crippen molar-refractivity contribution >= 4 is 17.8 Å². The molecule has 0 aromatic rings. The number of carbonyl (C=O) groups excluding carboxylic acids is 3. The molecule has 4 nitrogen and oxygen atoms in total. The van der Waals surface area contributed by atoms with Gasteiger partial charge in [0.15, 0.2) is 0 Å². The molecule has 0 aliphatic heterocycles. The lowest BCUT2D eigenvalue weighted by atomic mass is 10.3. The zero-order chi connectivity index (χ0) is 12.6. The van der Waals surface area contributed by atoms with Gasteiger partial charge < -0.3 is 4.74 Å². The molecule has 0 heterocycles. The van der Waals surface area contributed by atoms with Crippen LogP contribution in [-0.2, 0) is 19.1 Å². The molecule has 0 aliphatic carbocycles. The highest BCUT2D eigenvalue weighted by molar-refractivity contribution is 5.73. The van der Waals surface area contributed by atoms with Crippen molar-refractivity contribution in [2.45, 2.75) is 0 Å². The number of allylic oxidation sites excluding steroid dienone is 3. The standard InChI is InChI=1S/C6H2O3.C6H10O/c7-3-1-6(5-9)2-4-8;1-3-5-7-6-4-2/h1-2H;3-4H,1-2,5-6H2. The third kappa shape index (κ3) is 14.3. The zero-order valence-corrected chi connectivity index (χ0v) is 8.77. The first-order valence-corrected chi connectivity index (χ1v) is 4.23. The summed E-state index contributed by atoms with van der Waals surface area (Å²) in [6.07, 6.45) is 5.03. The van der Waals surface area contributed by atoms with Crippen LogP contribution in [0.2, 0.25) is 0 Å². The summed E-state index contributed by atoms with van der Waals surface area (Å²) in [6.45, 7) is 8.18. The minimum absolute atomic E-state index is 0.153. The largest absolute Gasteiger partial charge is 0.373 e. The van der Waals surface area contributed by atoms with Crippen molar-refractivity contribution in [3.63, 3.8) is 0 Å². The zero-order valence-electron chi connectivity index (χ0n) is 8.77. The van der Waals surface area contributed by atoms with Gasteiger partial charge in [0.25, 0.3) is 0 Å². The van der Waals surface area contributed by atoms with Crippen molar-refractivity contribution in [3.8, 4) is 0 Å². The van der Waals surface area contributed by atoms with Gasteiger partial charge in [-0.1, -0.05) is 12.2 Å². The van der Waals surface area contributed by atoms with Gasteiger partial charge in [-0.15, -0.1) is 13.2 Å². The van der Waals surface area contributed by atoms with Crippen LogP contribution in [0.1, 0.15) is 0 Å². The quantitative estimate of drug-likeness (QED) is 0.289. The minimum Gasteiger partial charge on any atom is -0.373 e. The molecule has 0 saturated heterocycles. The Bertz CT molecular complexity index is 321.